The molecule has 1 heterocycles. The molecule has 0 saturated carbocycles. The normalized spacial score (nSPS) is 10.6. The summed E-state index contributed by atoms with van der Waals surface area (Å²) in [6, 6.07) is 14.9. The molecule has 0 bridgehead atoms. The highest BCUT2D eigenvalue weighted by Gasteiger charge is 2.25. The molecule has 9 heteroatoms. The van der Waals surface area contributed by atoms with Crippen molar-refractivity contribution in [3.63, 3.8) is 0 Å². The van der Waals surface area contributed by atoms with Gasteiger partial charge in [0.15, 0.2) is 5.69 Å². The fourth-order valence-electron chi connectivity index (χ4n) is 3.12. The molecule has 3 rings (SSSR count). The fraction of sp³-hybridized carbons (Fsp3) is 0.190. The number of carboxylic acid groups (broad SMARTS) is 1. The highest BCUT2D eigenvalue weighted by molar-refractivity contribution is 6.08. The van der Waals surface area contributed by atoms with Gasteiger partial charge in [0.1, 0.15) is 0 Å². The number of nitrogens with one attached hydrogen (secondary N) is 1. The van der Waals surface area contributed by atoms with E-state index in [-0.39, 0.29) is 22.6 Å². The van der Waals surface area contributed by atoms with Crippen LogP contribution in [0.25, 0.3) is 0 Å². The molecule has 154 valence electrons. The second kappa shape index (κ2) is 8.99. The van der Waals surface area contributed by atoms with Gasteiger partial charge in [-0.15, -0.1) is 0 Å². The number of amides is 1. The molecule has 0 fully saturated rings. The summed E-state index contributed by atoms with van der Waals surface area (Å²) >= 11 is 0. The molecule has 0 radical (unpaired) electrons. The first kappa shape index (κ1) is 20.7. The van der Waals surface area contributed by atoms with Crippen LogP contribution in [0.2, 0.25) is 0 Å². The lowest BCUT2D eigenvalue weighted by molar-refractivity contribution is -0.384. The zero-order chi connectivity index (χ0) is 21.7. The Hall–Kier alpha value is -4.01. The number of nitrogens with zero attached hydrogens (tertiary/aromatic N) is 3. The van der Waals surface area contributed by atoms with E-state index in [1.54, 1.807) is 6.92 Å². The molecule has 1 aromatic heterocycles. The van der Waals surface area contributed by atoms with E-state index in [4.69, 9.17) is 0 Å². The van der Waals surface area contributed by atoms with Crippen molar-refractivity contribution in [1.82, 2.24) is 9.78 Å². The monoisotopic (exact) mass is 408 g/mol. The van der Waals surface area contributed by atoms with Crippen LogP contribution < -0.4 is 5.32 Å². The summed E-state index contributed by atoms with van der Waals surface area (Å²) in [6.07, 6.45) is 1.03. The van der Waals surface area contributed by atoms with Gasteiger partial charge >= 0.3 is 5.97 Å². The van der Waals surface area contributed by atoms with Crippen molar-refractivity contribution in [2.75, 3.05) is 5.32 Å². The Morgan fingerprint density at radius 1 is 1.13 bits per heavy atom. The van der Waals surface area contributed by atoms with Crippen LogP contribution in [-0.4, -0.2) is 31.7 Å². The Labute approximate surface area is 172 Å². The summed E-state index contributed by atoms with van der Waals surface area (Å²) in [5, 5.41) is 27.6. The zero-order valence-electron chi connectivity index (χ0n) is 16.2. The highest BCUT2D eigenvalue weighted by atomic mass is 16.6. The summed E-state index contributed by atoms with van der Waals surface area (Å²) in [7, 11) is 0. The number of aryl methyl sites for hydroxylation is 3. The molecule has 0 aliphatic heterocycles. The molecule has 1 amide bonds. The van der Waals surface area contributed by atoms with Gasteiger partial charge < -0.3 is 10.4 Å². The second-order valence-electron chi connectivity index (χ2n) is 6.54. The van der Waals surface area contributed by atoms with E-state index in [0.29, 0.717) is 25.1 Å². The number of hydrogen-bond donors (Lipinski definition) is 2. The molecule has 9 nitrogen and oxygen atoms in total. The summed E-state index contributed by atoms with van der Waals surface area (Å²) in [5.74, 6) is -1.86. The van der Waals surface area contributed by atoms with Crippen LogP contribution in [0.4, 0.5) is 11.4 Å². The van der Waals surface area contributed by atoms with Gasteiger partial charge in [0, 0.05) is 24.2 Å². The van der Waals surface area contributed by atoms with Crippen LogP contribution in [0.1, 0.15) is 39.0 Å². The van der Waals surface area contributed by atoms with Crippen LogP contribution in [0.3, 0.4) is 0 Å². The highest BCUT2D eigenvalue weighted by Crippen LogP contribution is 2.24. The number of benzene rings is 2. The van der Waals surface area contributed by atoms with Crippen LogP contribution in [-0.2, 0) is 19.4 Å². The molecule has 3 aromatic rings. The average molecular weight is 408 g/mol. The molecule has 2 N–H and O–H groups in total. The largest absolute Gasteiger partial charge is 0.476 e. The van der Waals surface area contributed by atoms with Gasteiger partial charge in [-0.25, -0.2) is 4.79 Å². The van der Waals surface area contributed by atoms with Crippen molar-refractivity contribution >= 4 is 23.3 Å². The molecule has 0 spiro atoms. The van der Waals surface area contributed by atoms with Crippen molar-refractivity contribution < 1.29 is 19.6 Å². The van der Waals surface area contributed by atoms with Crippen LogP contribution in [0, 0.1) is 10.1 Å². The number of anilines is 1. The minimum atomic E-state index is -1.22. The minimum Gasteiger partial charge on any atom is -0.476 e. The molecule has 30 heavy (non-hydrogen) atoms. The SMILES string of the molecule is CCn1nc(CCc2ccccc2)c(NC(=O)c2cccc([N+](=O)[O-])c2)c1C(=O)O. The van der Waals surface area contributed by atoms with Crippen molar-refractivity contribution in [2.45, 2.75) is 26.3 Å². The fourth-order valence-corrected chi connectivity index (χ4v) is 3.12. The molecule has 0 aliphatic carbocycles. The van der Waals surface area contributed by atoms with Gasteiger partial charge in [-0.2, -0.15) is 5.10 Å². The van der Waals surface area contributed by atoms with Crippen molar-refractivity contribution in [3.05, 3.63) is 87.2 Å². The Morgan fingerprint density at radius 2 is 1.87 bits per heavy atom. The Morgan fingerprint density at radius 3 is 2.50 bits per heavy atom. The number of carbonyl (C=O) groups is 2. The lowest BCUT2D eigenvalue weighted by atomic mass is 10.1. The minimum absolute atomic E-state index is 0.0544. The van der Waals surface area contributed by atoms with Gasteiger partial charge in [0.2, 0.25) is 0 Å². The van der Waals surface area contributed by atoms with E-state index >= 15 is 0 Å². The van der Waals surface area contributed by atoms with Gasteiger partial charge in [-0.1, -0.05) is 36.4 Å². The van der Waals surface area contributed by atoms with E-state index in [9.17, 15) is 24.8 Å². The van der Waals surface area contributed by atoms with Crippen LogP contribution >= 0.6 is 0 Å². The number of aromatic carboxylic acids is 1. The van der Waals surface area contributed by atoms with Crippen molar-refractivity contribution in [3.8, 4) is 0 Å². The molecule has 2 aromatic carbocycles. The third kappa shape index (κ3) is 4.52. The molecule has 0 aliphatic rings. The van der Waals surface area contributed by atoms with Crippen LogP contribution in [0.15, 0.2) is 54.6 Å². The van der Waals surface area contributed by atoms with Gasteiger partial charge in [-0.05, 0) is 31.4 Å². The van der Waals surface area contributed by atoms with Crippen LogP contribution in [0.5, 0.6) is 0 Å². The van der Waals surface area contributed by atoms with E-state index < -0.39 is 16.8 Å². The molecular formula is C21H20N4O5. The smallest absolute Gasteiger partial charge is 0.356 e. The maximum absolute atomic E-state index is 12.7. The number of carboxylic acids is 1. The first-order valence-electron chi connectivity index (χ1n) is 9.33. The summed E-state index contributed by atoms with van der Waals surface area (Å²) < 4.78 is 1.33. The topological polar surface area (TPSA) is 127 Å². The molecular weight excluding hydrogens is 388 g/mol. The number of aromatic nitrogens is 2. The molecule has 0 saturated heterocycles. The molecule has 0 unspecified atom stereocenters. The number of hydrogen-bond acceptors (Lipinski definition) is 5. The number of carbonyl (C=O) groups excluding carboxylic acids is 1. The van der Waals surface area contributed by atoms with Gasteiger partial charge in [-0.3, -0.25) is 19.6 Å². The van der Waals surface area contributed by atoms with Crippen molar-refractivity contribution in [2.24, 2.45) is 0 Å². The number of nitro benzene ring substituents is 1. The van der Waals surface area contributed by atoms with Gasteiger partial charge in [0.25, 0.3) is 11.6 Å². The van der Waals surface area contributed by atoms with E-state index in [2.05, 4.69) is 10.4 Å². The van der Waals surface area contributed by atoms with E-state index in [1.807, 2.05) is 30.3 Å². The van der Waals surface area contributed by atoms with Gasteiger partial charge in [0.05, 0.1) is 16.3 Å². The number of rotatable bonds is 8. The summed E-state index contributed by atoms with van der Waals surface area (Å²) in [4.78, 5) is 35.0. The standard InChI is InChI=1S/C21H20N4O5/c1-2-24-19(21(27)28)18(17(23-24)12-11-14-7-4-3-5-8-14)22-20(26)15-9-6-10-16(13-15)25(29)30/h3-10,13H,2,11-12H2,1H3,(H,22,26)(H,27,28). The Balaban J connectivity index is 1.93. The lowest BCUT2D eigenvalue weighted by Gasteiger charge is -2.08. The summed E-state index contributed by atoms with van der Waals surface area (Å²) in [5.41, 5.74) is 1.30. The predicted octanol–water partition coefficient (Wildman–Crippen LogP) is 3.55. The van der Waals surface area contributed by atoms with E-state index in [1.165, 1.54) is 22.9 Å². The zero-order valence-corrected chi connectivity index (χ0v) is 16.2. The lowest BCUT2D eigenvalue weighted by Crippen LogP contribution is -2.17. The second-order valence-corrected chi connectivity index (χ2v) is 6.54. The quantitative estimate of drug-likeness (QED) is 0.433. The first-order valence-corrected chi connectivity index (χ1v) is 9.33. The average Bonchev–Trinajstić information content (AvgIpc) is 3.10. The Kier molecular flexibility index (Phi) is 6.21. The van der Waals surface area contributed by atoms with E-state index in [0.717, 1.165) is 11.6 Å². The maximum Gasteiger partial charge on any atom is 0.356 e. The maximum atomic E-state index is 12.7. The first-order chi connectivity index (χ1) is 14.4. The molecule has 0 atom stereocenters. The predicted molar refractivity (Wildman–Crippen MR) is 110 cm³/mol. The number of nitro groups is 1. The Bertz CT molecular complexity index is 1090. The van der Waals surface area contributed by atoms with Crippen molar-refractivity contribution in [1.29, 1.82) is 0 Å². The number of non-ortho nitro benzene ring substituents is 1. The third-order valence-corrected chi connectivity index (χ3v) is 4.58. The third-order valence-electron chi connectivity index (χ3n) is 4.58. The summed E-state index contributed by atoms with van der Waals surface area (Å²) in [6.45, 7) is 2.07.